The third-order valence-corrected chi connectivity index (χ3v) is 2.70. The molecule has 1 rings (SSSR count). The first-order chi connectivity index (χ1) is 8.54. The Morgan fingerprint density at radius 3 is 2.61 bits per heavy atom. The second-order valence-corrected chi connectivity index (χ2v) is 4.17. The monoisotopic (exact) mass is 254 g/mol. The normalized spacial score (nSPS) is 14.0. The average Bonchev–Trinajstić information content (AvgIpc) is 2.36. The number of nitrogens with two attached hydrogens (primary N) is 1. The number of rotatable bonds is 6. The van der Waals surface area contributed by atoms with Crippen molar-refractivity contribution < 1.29 is 13.9 Å². The minimum atomic E-state index is -0.590. The van der Waals surface area contributed by atoms with Crippen LogP contribution in [0.5, 0.6) is 0 Å². The zero-order valence-corrected chi connectivity index (χ0v) is 10.7. The minimum absolute atomic E-state index is 0.202. The second-order valence-electron chi connectivity index (χ2n) is 4.17. The predicted molar refractivity (Wildman–Crippen MR) is 67.4 cm³/mol. The molecule has 0 aliphatic heterocycles. The summed E-state index contributed by atoms with van der Waals surface area (Å²) in [7, 11) is 1.56. The Hall–Kier alpha value is -1.46. The lowest BCUT2D eigenvalue weighted by Crippen LogP contribution is -2.42. The molecule has 2 atom stereocenters. The van der Waals surface area contributed by atoms with Crippen LogP contribution in [0.4, 0.5) is 4.39 Å². The van der Waals surface area contributed by atoms with E-state index in [1.807, 2.05) is 6.92 Å². The van der Waals surface area contributed by atoms with Crippen molar-refractivity contribution in [2.45, 2.75) is 25.4 Å². The summed E-state index contributed by atoms with van der Waals surface area (Å²) < 4.78 is 17.6. The van der Waals surface area contributed by atoms with E-state index in [0.717, 1.165) is 5.56 Å². The van der Waals surface area contributed by atoms with E-state index < -0.39 is 6.04 Å². The molecule has 4 nitrogen and oxygen atoms in total. The van der Waals surface area contributed by atoms with E-state index in [1.54, 1.807) is 19.2 Å². The number of hydrogen-bond acceptors (Lipinski definition) is 3. The number of halogens is 1. The second kappa shape index (κ2) is 7.08. The van der Waals surface area contributed by atoms with Gasteiger partial charge in [0.2, 0.25) is 5.91 Å². The SMILES string of the molecule is COCCC(N)C(=O)N[C@@H](C)c1ccc(F)cc1. The van der Waals surface area contributed by atoms with E-state index >= 15 is 0 Å². The first-order valence-corrected chi connectivity index (χ1v) is 5.85. The average molecular weight is 254 g/mol. The van der Waals surface area contributed by atoms with Crippen LogP contribution < -0.4 is 11.1 Å². The topological polar surface area (TPSA) is 64.3 Å². The van der Waals surface area contributed by atoms with Crippen molar-refractivity contribution >= 4 is 5.91 Å². The molecule has 5 heteroatoms. The van der Waals surface area contributed by atoms with Gasteiger partial charge in [-0.2, -0.15) is 0 Å². The molecule has 1 aromatic rings. The molecule has 0 bridgehead atoms. The summed E-state index contributed by atoms with van der Waals surface area (Å²) in [6.07, 6.45) is 0.471. The summed E-state index contributed by atoms with van der Waals surface area (Å²) in [5.41, 5.74) is 6.54. The highest BCUT2D eigenvalue weighted by Crippen LogP contribution is 2.12. The Labute approximate surface area is 106 Å². The maximum atomic E-state index is 12.8. The van der Waals surface area contributed by atoms with E-state index in [1.165, 1.54) is 12.1 Å². The standard InChI is InChI=1S/C13H19FN2O2/c1-9(10-3-5-11(14)6-4-10)16-13(17)12(15)7-8-18-2/h3-6,9,12H,7-8,15H2,1-2H3,(H,16,17)/t9-,12?/m0/s1. The number of benzene rings is 1. The Morgan fingerprint density at radius 2 is 2.06 bits per heavy atom. The van der Waals surface area contributed by atoms with Crippen molar-refractivity contribution in [3.63, 3.8) is 0 Å². The smallest absolute Gasteiger partial charge is 0.237 e. The van der Waals surface area contributed by atoms with Gasteiger partial charge in [-0.05, 0) is 31.0 Å². The molecule has 0 saturated carbocycles. The molecule has 100 valence electrons. The zero-order chi connectivity index (χ0) is 13.5. The summed E-state index contributed by atoms with van der Waals surface area (Å²) in [5, 5.41) is 2.78. The van der Waals surface area contributed by atoms with Crippen LogP contribution in [0.3, 0.4) is 0 Å². The van der Waals surface area contributed by atoms with Gasteiger partial charge in [-0.3, -0.25) is 4.79 Å². The van der Waals surface area contributed by atoms with Crippen LogP contribution in [-0.4, -0.2) is 25.7 Å². The van der Waals surface area contributed by atoms with Crippen LogP contribution in [0, 0.1) is 5.82 Å². The van der Waals surface area contributed by atoms with E-state index in [0.29, 0.717) is 13.0 Å². The van der Waals surface area contributed by atoms with Crippen LogP contribution in [0.1, 0.15) is 24.9 Å². The molecule has 1 unspecified atom stereocenters. The van der Waals surface area contributed by atoms with Crippen LogP contribution in [0.2, 0.25) is 0 Å². The Kier molecular flexibility index (Phi) is 5.74. The molecule has 0 saturated heterocycles. The molecule has 0 heterocycles. The van der Waals surface area contributed by atoms with Crippen molar-refractivity contribution in [1.29, 1.82) is 0 Å². The lowest BCUT2D eigenvalue weighted by Gasteiger charge is -2.17. The van der Waals surface area contributed by atoms with E-state index in [-0.39, 0.29) is 17.8 Å². The number of nitrogens with one attached hydrogen (secondary N) is 1. The molecule has 1 amide bonds. The number of carbonyl (C=O) groups excluding carboxylic acids is 1. The molecular formula is C13H19FN2O2. The van der Waals surface area contributed by atoms with Crippen molar-refractivity contribution in [3.05, 3.63) is 35.6 Å². The largest absolute Gasteiger partial charge is 0.385 e. The number of hydrogen-bond donors (Lipinski definition) is 2. The van der Waals surface area contributed by atoms with Gasteiger partial charge in [-0.15, -0.1) is 0 Å². The maximum Gasteiger partial charge on any atom is 0.237 e. The summed E-state index contributed by atoms with van der Waals surface area (Å²) in [6, 6.07) is 5.22. The van der Waals surface area contributed by atoms with Crippen molar-refractivity contribution in [2.75, 3.05) is 13.7 Å². The Balaban J connectivity index is 2.51. The number of methoxy groups -OCH3 is 1. The summed E-state index contributed by atoms with van der Waals surface area (Å²) >= 11 is 0. The van der Waals surface area contributed by atoms with Gasteiger partial charge in [0.15, 0.2) is 0 Å². The summed E-state index contributed by atoms with van der Waals surface area (Å²) in [6.45, 7) is 2.27. The molecule has 3 N–H and O–H groups in total. The van der Waals surface area contributed by atoms with E-state index in [2.05, 4.69) is 5.32 Å². The molecule has 0 fully saturated rings. The number of carbonyl (C=O) groups is 1. The van der Waals surface area contributed by atoms with E-state index in [4.69, 9.17) is 10.5 Å². The van der Waals surface area contributed by atoms with Crippen molar-refractivity contribution in [3.8, 4) is 0 Å². The Morgan fingerprint density at radius 1 is 1.44 bits per heavy atom. The zero-order valence-electron chi connectivity index (χ0n) is 10.7. The number of ether oxygens (including phenoxy) is 1. The predicted octanol–water partition coefficient (Wildman–Crippen LogP) is 1.37. The van der Waals surface area contributed by atoms with Gasteiger partial charge in [0.05, 0.1) is 12.1 Å². The fourth-order valence-corrected chi connectivity index (χ4v) is 1.53. The highest BCUT2D eigenvalue weighted by molar-refractivity contribution is 5.81. The molecule has 1 aromatic carbocycles. The quantitative estimate of drug-likeness (QED) is 0.805. The maximum absolute atomic E-state index is 12.8. The molecule has 18 heavy (non-hydrogen) atoms. The van der Waals surface area contributed by atoms with Gasteiger partial charge in [0.25, 0.3) is 0 Å². The van der Waals surface area contributed by atoms with Crippen LogP contribution in [0.15, 0.2) is 24.3 Å². The molecular weight excluding hydrogens is 235 g/mol. The summed E-state index contributed by atoms with van der Waals surface area (Å²) in [4.78, 5) is 11.7. The lowest BCUT2D eigenvalue weighted by molar-refractivity contribution is -0.123. The van der Waals surface area contributed by atoms with Gasteiger partial charge >= 0.3 is 0 Å². The molecule has 0 radical (unpaired) electrons. The lowest BCUT2D eigenvalue weighted by atomic mass is 10.1. The highest BCUT2D eigenvalue weighted by Gasteiger charge is 2.16. The third-order valence-electron chi connectivity index (χ3n) is 2.70. The fourth-order valence-electron chi connectivity index (χ4n) is 1.53. The van der Waals surface area contributed by atoms with Gasteiger partial charge in [0, 0.05) is 13.7 Å². The minimum Gasteiger partial charge on any atom is -0.385 e. The van der Waals surface area contributed by atoms with Crippen LogP contribution in [0.25, 0.3) is 0 Å². The van der Waals surface area contributed by atoms with E-state index in [9.17, 15) is 9.18 Å². The van der Waals surface area contributed by atoms with Crippen molar-refractivity contribution in [2.24, 2.45) is 5.73 Å². The van der Waals surface area contributed by atoms with Gasteiger partial charge < -0.3 is 15.8 Å². The first-order valence-electron chi connectivity index (χ1n) is 5.85. The van der Waals surface area contributed by atoms with Crippen LogP contribution in [-0.2, 0) is 9.53 Å². The fraction of sp³-hybridized carbons (Fsp3) is 0.462. The third kappa shape index (κ3) is 4.43. The van der Waals surface area contributed by atoms with Gasteiger partial charge in [-0.1, -0.05) is 12.1 Å². The summed E-state index contributed by atoms with van der Waals surface area (Å²) in [5.74, 6) is -0.530. The first kappa shape index (κ1) is 14.6. The Bertz CT molecular complexity index is 381. The van der Waals surface area contributed by atoms with Crippen molar-refractivity contribution in [1.82, 2.24) is 5.32 Å². The van der Waals surface area contributed by atoms with Gasteiger partial charge in [0.1, 0.15) is 5.82 Å². The molecule has 0 aliphatic carbocycles. The highest BCUT2D eigenvalue weighted by atomic mass is 19.1. The van der Waals surface area contributed by atoms with Gasteiger partial charge in [-0.25, -0.2) is 4.39 Å². The molecule has 0 aromatic heterocycles. The van der Waals surface area contributed by atoms with Crippen LogP contribution >= 0.6 is 0 Å². The number of amides is 1. The molecule has 0 aliphatic rings. The molecule has 0 spiro atoms.